The molecule has 5 N–H and O–H groups in total. The molecular weight excluding hydrogens is 757 g/mol. The van der Waals surface area contributed by atoms with Gasteiger partial charge in [0.1, 0.15) is 0 Å². The van der Waals surface area contributed by atoms with E-state index in [-0.39, 0.29) is 0 Å². The molecule has 0 spiro atoms. The van der Waals surface area contributed by atoms with Crippen LogP contribution in [0.2, 0.25) is 0 Å². The van der Waals surface area contributed by atoms with E-state index in [1.165, 1.54) is 43.2 Å². The van der Waals surface area contributed by atoms with Crippen LogP contribution in [0.1, 0.15) is 110 Å². The Hall–Kier alpha value is -6.30. The van der Waals surface area contributed by atoms with Gasteiger partial charge in [0.25, 0.3) is 0 Å². The molecule has 12 nitrogen and oxygen atoms in total. The smallest absolute Gasteiger partial charge is 0.208 e. The monoisotopic (exact) mass is 819 g/mol. The number of imidazole rings is 2. The average molecular weight is 819 g/mol. The molecule has 61 heavy (non-hydrogen) atoms. The van der Waals surface area contributed by atoms with Crippen LogP contribution in [-0.4, -0.2) is 44.7 Å². The lowest BCUT2D eigenvalue weighted by atomic mass is 9.94. The first kappa shape index (κ1) is 41.4. The molecule has 0 bridgehead atoms. The molecule has 1 aliphatic heterocycles. The molecule has 2 aliphatic rings. The maximum atomic E-state index is 6.34. The van der Waals surface area contributed by atoms with E-state index in [1.54, 1.807) is 0 Å². The zero-order valence-corrected chi connectivity index (χ0v) is 36.6. The highest BCUT2D eigenvalue weighted by molar-refractivity contribution is 5.89. The third kappa shape index (κ3) is 8.67. The van der Waals surface area contributed by atoms with E-state index in [2.05, 4.69) is 113 Å². The average Bonchev–Trinajstić information content (AvgIpc) is 4.01. The summed E-state index contributed by atoms with van der Waals surface area (Å²) in [6, 6.07) is 13.4. The molecule has 0 saturated heterocycles. The molecular formula is C49H62N12. The first-order valence-corrected chi connectivity index (χ1v) is 22.1. The van der Waals surface area contributed by atoms with Crippen LogP contribution in [-0.2, 0) is 39.0 Å². The van der Waals surface area contributed by atoms with Gasteiger partial charge in [-0.2, -0.15) is 10.2 Å². The number of aromatic nitrogens is 8. The number of nitrogens with zero attached hydrogens (tertiary/aromatic N) is 8. The van der Waals surface area contributed by atoms with Crippen LogP contribution in [0.5, 0.6) is 0 Å². The molecule has 1 fully saturated rings. The minimum atomic E-state index is 0.458. The third-order valence-electron chi connectivity index (χ3n) is 12.2. The van der Waals surface area contributed by atoms with E-state index < -0.39 is 0 Å². The van der Waals surface area contributed by atoms with Crippen molar-refractivity contribution in [2.24, 2.45) is 5.73 Å². The van der Waals surface area contributed by atoms with Gasteiger partial charge in [0.15, 0.2) is 0 Å². The second kappa shape index (κ2) is 17.7. The predicted molar refractivity (Wildman–Crippen MR) is 253 cm³/mol. The lowest BCUT2D eigenvalue weighted by Gasteiger charge is -2.25. The minimum absolute atomic E-state index is 0.458. The molecule has 4 aromatic heterocycles. The van der Waals surface area contributed by atoms with Crippen molar-refractivity contribution in [1.29, 1.82) is 0 Å². The minimum Gasteiger partial charge on any atom is -0.399 e. The lowest BCUT2D eigenvalue weighted by molar-refractivity contribution is 0.409. The van der Waals surface area contributed by atoms with Gasteiger partial charge < -0.3 is 30.8 Å². The number of nitrogens with two attached hydrogens (primary N) is 1. The van der Waals surface area contributed by atoms with Crippen molar-refractivity contribution >= 4 is 56.8 Å². The fourth-order valence-corrected chi connectivity index (χ4v) is 9.20. The Morgan fingerprint density at radius 1 is 0.639 bits per heavy atom. The van der Waals surface area contributed by atoms with Crippen LogP contribution in [0.15, 0.2) is 74.9 Å². The largest absolute Gasteiger partial charge is 0.399 e. The SMILES string of the molecule is C=C(N)c1cc2c3c(c1)nc(NC(=C)c1cc(C)nn1CC)n3C/C=C/Cn1c(NC(=C)c3cc(C)nn3CC)nc3cc(C(=C)NC4CCCCC4)cc(c31)CCCCC2. The van der Waals surface area contributed by atoms with Crippen LogP contribution >= 0.6 is 0 Å². The van der Waals surface area contributed by atoms with Gasteiger partial charge in [-0.15, -0.1) is 0 Å². The van der Waals surface area contributed by atoms with Crippen molar-refractivity contribution in [3.63, 3.8) is 0 Å². The molecule has 12 heteroatoms. The zero-order valence-electron chi connectivity index (χ0n) is 36.6. The van der Waals surface area contributed by atoms with Gasteiger partial charge in [0.05, 0.1) is 56.2 Å². The molecule has 8 rings (SSSR count). The van der Waals surface area contributed by atoms with E-state index >= 15 is 0 Å². The number of rotatable bonds is 12. The second-order valence-corrected chi connectivity index (χ2v) is 16.8. The first-order chi connectivity index (χ1) is 29.5. The summed E-state index contributed by atoms with van der Waals surface area (Å²) >= 11 is 0. The van der Waals surface area contributed by atoms with Crippen molar-refractivity contribution in [1.82, 2.24) is 44.0 Å². The summed E-state index contributed by atoms with van der Waals surface area (Å²) in [7, 11) is 0. The Bertz CT molecular complexity index is 2670. The summed E-state index contributed by atoms with van der Waals surface area (Å²) < 4.78 is 8.52. The number of allylic oxidation sites excluding steroid dienone is 2. The van der Waals surface area contributed by atoms with Crippen LogP contribution in [0.3, 0.4) is 0 Å². The Balaban J connectivity index is 1.20. The molecule has 1 aliphatic carbocycles. The van der Waals surface area contributed by atoms with Crippen LogP contribution in [0.25, 0.3) is 44.9 Å². The van der Waals surface area contributed by atoms with E-state index in [1.807, 2.05) is 29.3 Å². The van der Waals surface area contributed by atoms with E-state index in [9.17, 15) is 0 Å². The Morgan fingerprint density at radius 3 is 1.61 bits per heavy atom. The van der Waals surface area contributed by atoms with Gasteiger partial charge in [-0.3, -0.25) is 9.36 Å². The normalized spacial score (nSPS) is 15.6. The Kier molecular flexibility index (Phi) is 12.0. The number of aryl methyl sites for hydroxylation is 6. The van der Waals surface area contributed by atoms with Gasteiger partial charge in [-0.05, 0) is 125 Å². The van der Waals surface area contributed by atoms with Gasteiger partial charge >= 0.3 is 0 Å². The van der Waals surface area contributed by atoms with Gasteiger partial charge in [0.2, 0.25) is 11.9 Å². The molecule has 0 amide bonds. The zero-order chi connectivity index (χ0) is 42.8. The Labute approximate surface area is 360 Å². The van der Waals surface area contributed by atoms with Crippen LogP contribution in [0.4, 0.5) is 11.9 Å². The standard InChI is InChI=1S/C49H62N12/c1-9-60-44(25-31(3)56-60)35(7)52-48-54-42-29-39(33(5)50)27-37-19-13-11-14-20-38-28-40(34(6)51-41-21-15-12-16-22-41)30-43-47(38)59(24-18-17-23-58(48)46(37)42)49(55-43)53-36(8)45-26-32(4)57-61(45)10-2/h17-18,25-30,41,51H,5-16,19-24,50H2,1-4H3,(H,52,54)(H,53,55)/b18-17+. The molecule has 1 saturated carbocycles. The quantitative estimate of drug-likeness (QED) is 0.0898. The number of anilines is 2. The molecule has 318 valence electrons. The topological polar surface area (TPSA) is 133 Å². The fraction of sp³-hybridized carbons (Fsp3) is 0.388. The van der Waals surface area contributed by atoms with E-state index in [4.69, 9.17) is 20.8 Å². The maximum absolute atomic E-state index is 6.34. The first-order valence-electron chi connectivity index (χ1n) is 22.1. The molecule has 2 aromatic carbocycles. The van der Waals surface area contributed by atoms with Crippen molar-refractivity contribution in [3.05, 3.63) is 120 Å². The molecule has 0 radical (unpaired) electrons. The molecule has 0 atom stereocenters. The number of nitrogens with one attached hydrogen (secondary N) is 3. The summed E-state index contributed by atoms with van der Waals surface area (Å²) in [6.45, 7) is 28.4. The van der Waals surface area contributed by atoms with Crippen molar-refractivity contribution in [2.75, 3.05) is 10.6 Å². The van der Waals surface area contributed by atoms with Crippen molar-refractivity contribution in [2.45, 2.75) is 124 Å². The highest BCUT2D eigenvalue weighted by Crippen LogP contribution is 2.33. The number of hydrogen-bond donors (Lipinski definition) is 4. The van der Waals surface area contributed by atoms with E-state index in [0.717, 1.165) is 124 Å². The van der Waals surface area contributed by atoms with Crippen molar-refractivity contribution in [3.8, 4) is 0 Å². The summed E-state index contributed by atoms with van der Waals surface area (Å²) in [5.41, 5.74) is 21.6. The van der Waals surface area contributed by atoms with Gasteiger partial charge in [-0.1, -0.05) is 64.2 Å². The van der Waals surface area contributed by atoms with Gasteiger partial charge in [-0.25, -0.2) is 9.97 Å². The predicted octanol–water partition coefficient (Wildman–Crippen LogP) is 9.95. The Morgan fingerprint density at radius 2 is 1.11 bits per heavy atom. The number of hydrogen-bond acceptors (Lipinski definition) is 8. The fourth-order valence-electron chi connectivity index (χ4n) is 9.20. The lowest BCUT2D eigenvalue weighted by Crippen LogP contribution is -2.29. The summed E-state index contributed by atoms with van der Waals surface area (Å²) in [5.74, 6) is 1.45. The summed E-state index contributed by atoms with van der Waals surface area (Å²) in [6.07, 6.45) is 15.5. The van der Waals surface area contributed by atoms with E-state index in [0.29, 0.717) is 30.8 Å². The van der Waals surface area contributed by atoms with Crippen molar-refractivity contribution < 1.29 is 0 Å². The summed E-state index contributed by atoms with van der Waals surface area (Å²) in [4.78, 5) is 10.5. The maximum Gasteiger partial charge on any atom is 0.208 e. The highest BCUT2D eigenvalue weighted by atomic mass is 15.3. The van der Waals surface area contributed by atoms with Gasteiger partial charge in [0, 0.05) is 43.6 Å². The number of benzene rings is 2. The highest BCUT2D eigenvalue weighted by Gasteiger charge is 2.22. The van der Waals surface area contributed by atoms with Crippen LogP contribution in [0, 0.1) is 13.8 Å². The second-order valence-electron chi connectivity index (χ2n) is 16.8. The third-order valence-corrected chi connectivity index (χ3v) is 12.2. The molecule has 0 unspecified atom stereocenters. The van der Waals surface area contributed by atoms with Crippen LogP contribution < -0.4 is 21.7 Å². The molecule has 5 heterocycles. The molecule has 6 aromatic rings. The summed E-state index contributed by atoms with van der Waals surface area (Å²) in [5, 5.41) is 20.4.